The largest absolute Gasteiger partial charge is 0.217 e. The lowest BCUT2D eigenvalue weighted by atomic mass is 10.1. The van der Waals surface area contributed by atoms with Crippen LogP contribution in [-0.4, -0.2) is 20.9 Å². The summed E-state index contributed by atoms with van der Waals surface area (Å²) in [6.45, 7) is 2.09. The van der Waals surface area contributed by atoms with Gasteiger partial charge in [0.05, 0.1) is 11.9 Å². The molecule has 0 radical (unpaired) electrons. The molecule has 0 fully saturated rings. The summed E-state index contributed by atoms with van der Waals surface area (Å²) < 4.78 is 2.90. The van der Waals surface area contributed by atoms with Crippen molar-refractivity contribution >= 4 is 28.1 Å². The SMILES string of the molecule is CSc1nn2cc(-c3ccc(C)cc3)nc2s1. The van der Waals surface area contributed by atoms with Crippen molar-refractivity contribution in [3.8, 4) is 11.3 Å². The lowest BCUT2D eigenvalue weighted by Crippen LogP contribution is -1.80. The maximum atomic E-state index is 4.59. The summed E-state index contributed by atoms with van der Waals surface area (Å²) in [5.74, 6) is 0. The molecule has 0 N–H and O–H groups in total. The number of fused-ring (bicyclic) bond motifs is 1. The molecule has 0 amide bonds. The zero-order chi connectivity index (χ0) is 11.8. The molecule has 1 aromatic carbocycles. The highest BCUT2D eigenvalue weighted by atomic mass is 32.2. The van der Waals surface area contributed by atoms with Gasteiger partial charge in [-0.2, -0.15) is 0 Å². The van der Waals surface area contributed by atoms with Gasteiger partial charge in [0.1, 0.15) is 0 Å². The first-order chi connectivity index (χ1) is 8.26. The van der Waals surface area contributed by atoms with Crippen molar-refractivity contribution in [3.63, 3.8) is 0 Å². The topological polar surface area (TPSA) is 30.2 Å². The zero-order valence-electron chi connectivity index (χ0n) is 9.54. The van der Waals surface area contributed by atoms with Gasteiger partial charge in [-0.1, -0.05) is 52.9 Å². The fourth-order valence-corrected chi connectivity index (χ4v) is 2.97. The molecule has 0 atom stereocenters. The third kappa shape index (κ3) is 1.96. The monoisotopic (exact) mass is 261 g/mol. The Labute approximate surface area is 108 Å². The van der Waals surface area contributed by atoms with E-state index in [4.69, 9.17) is 0 Å². The van der Waals surface area contributed by atoms with E-state index in [2.05, 4.69) is 41.3 Å². The highest BCUT2D eigenvalue weighted by Crippen LogP contribution is 2.26. The fourth-order valence-electron chi connectivity index (χ4n) is 1.63. The van der Waals surface area contributed by atoms with Crippen LogP contribution in [0.5, 0.6) is 0 Å². The molecule has 0 aliphatic heterocycles. The highest BCUT2D eigenvalue weighted by molar-refractivity contribution is 8.00. The summed E-state index contributed by atoms with van der Waals surface area (Å²) in [6, 6.07) is 8.39. The summed E-state index contributed by atoms with van der Waals surface area (Å²) in [7, 11) is 0. The van der Waals surface area contributed by atoms with Gasteiger partial charge in [-0.25, -0.2) is 9.50 Å². The number of hydrogen-bond donors (Lipinski definition) is 0. The maximum Gasteiger partial charge on any atom is 0.213 e. The van der Waals surface area contributed by atoms with Crippen molar-refractivity contribution in [1.29, 1.82) is 0 Å². The minimum atomic E-state index is 0.949. The molecule has 3 nitrogen and oxygen atoms in total. The number of aryl methyl sites for hydroxylation is 1. The van der Waals surface area contributed by atoms with E-state index >= 15 is 0 Å². The van der Waals surface area contributed by atoms with Crippen molar-refractivity contribution in [1.82, 2.24) is 14.6 Å². The molecular formula is C12H11N3S2. The molecule has 2 aromatic heterocycles. The van der Waals surface area contributed by atoms with E-state index in [0.29, 0.717) is 0 Å². The van der Waals surface area contributed by atoms with Crippen LogP contribution in [0, 0.1) is 6.92 Å². The normalized spacial score (nSPS) is 11.2. The summed E-state index contributed by atoms with van der Waals surface area (Å²) in [5, 5.41) is 4.43. The van der Waals surface area contributed by atoms with Crippen LogP contribution in [-0.2, 0) is 0 Å². The summed E-state index contributed by atoms with van der Waals surface area (Å²) in [6.07, 6.45) is 4.01. The van der Waals surface area contributed by atoms with Crippen LogP contribution < -0.4 is 0 Å². The first-order valence-corrected chi connectivity index (χ1v) is 7.27. The van der Waals surface area contributed by atoms with Crippen molar-refractivity contribution in [2.75, 3.05) is 6.26 Å². The van der Waals surface area contributed by atoms with Crippen LogP contribution in [0.25, 0.3) is 16.2 Å². The van der Waals surface area contributed by atoms with Crippen LogP contribution in [0.3, 0.4) is 0 Å². The van der Waals surface area contributed by atoms with E-state index in [1.54, 1.807) is 23.1 Å². The Morgan fingerprint density at radius 2 is 2.00 bits per heavy atom. The van der Waals surface area contributed by atoms with Gasteiger partial charge < -0.3 is 0 Å². The fraction of sp³-hybridized carbons (Fsp3) is 0.167. The smallest absolute Gasteiger partial charge is 0.213 e. The molecule has 5 heteroatoms. The Hall–Kier alpha value is -1.33. The van der Waals surface area contributed by atoms with E-state index in [-0.39, 0.29) is 0 Å². The van der Waals surface area contributed by atoms with E-state index in [1.807, 2.05) is 17.0 Å². The number of aromatic nitrogens is 3. The Morgan fingerprint density at radius 1 is 1.24 bits per heavy atom. The van der Waals surface area contributed by atoms with Crippen LogP contribution >= 0.6 is 23.1 Å². The van der Waals surface area contributed by atoms with Crippen molar-refractivity contribution in [2.24, 2.45) is 0 Å². The molecule has 17 heavy (non-hydrogen) atoms. The second-order valence-electron chi connectivity index (χ2n) is 3.79. The molecule has 0 saturated heterocycles. The summed E-state index contributed by atoms with van der Waals surface area (Å²) in [4.78, 5) is 5.54. The molecule has 0 saturated carbocycles. The number of nitrogens with zero attached hydrogens (tertiary/aromatic N) is 3. The first kappa shape index (κ1) is 10.8. The Bertz CT molecular complexity index is 621. The van der Waals surface area contributed by atoms with E-state index < -0.39 is 0 Å². The molecule has 2 heterocycles. The van der Waals surface area contributed by atoms with E-state index in [0.717, 1.165) is 20.6 Å². The van der Waals surface area contributed by atoms with Gasteiger partial charge in [0, 0.05) is 5.56 Å². The first-order valence-electron chi connectivity index (χ1n) is 5.23. The van der Waals surface area contributed by atoms with Crippen LogP contribution in [0.1, 0.15) is 5.56 Å². The predicted octanol–water partition coefficient (Wildman–Crippen LogP) is 3.49. The second kappa shape index (κ2) is 4.16. The third-order valence-corrected chi connectivity index (χ3v) is 4.44. The Kier molecular flexibility index (Phi) is 2.64. The van der Waals surface area contributed by atoms with E-state index in [1.165, 1.54) is 5.56 Å². The molecule has 0 spiro atoms. The van der Waals surface area contributed by atoms with Crippen molar-refractivity contribution in [3.05, 3.63) is 36.0 Å². The number of rotatable bonds is 2. The van der Waals surface area contributed by atoms with Gasteiger partial charge in [0.2, 0.25) is 4.96 Å². The molecule has 3 rings (SSSR count). The average Bonchev–Trinajstić information content (AvgIpc) is 2.87. The maximum absolute atomic E-state index is 4.59. The minimum absolute atomic E-state index is 0.949. The molecular weight excluding hydrogens is 250 g/mol. The standard InChI is InChI=1S/C12H11N3S2/c1-8-3-5-9(6-4-8)10-7-15-11(13-10)17-12(14-15)16-2/h3-7H,1-2H3. The van der Waals surface area contributed by atoms with Crippen molar-refractivity contribution in [2.45, 2.75) is 11.3 Å². The highest BCUT2D eigenvalue weighted by Gasteiger charge is 2.08. The number of thioether (sulfide) groups is 1. The average molecular weight is 261 g/mol. The molecule has 0 aliphatic rings. The molecule has 0 bridgehead atoms. The van der Waals surface area contributed by atoms with Gasteiger partial charge in [0.25, 0.3) is 0 Å². The predicted molar refractivity (Wildman–Crippen MR) is 72.8 cm³/mol. The molecule has 0 aliphatic carbocycles. The Balaban J connectivity index is 2.06. The number of imidazole rings is 1. The number of benzene rings is 1. The summed E-state index contributed by atoms with van der Waals surface area (Å²) in [5.41, 5.74) is 3.38. The third-order valence-electron chi connectivity index (χ3n) is 2.55. The minimum Gasteiger partial charge on any atom is -0.217 e. The molecule has 86 valence electrons. The number of hydrogen-bond acceptors (Lipinski definition) is 4. The van der Waals surface area contributed by atoms with Gasteiger partial charge in [0.15, 0.2) is 4.34 Å². The lowest BCUT2D eigenvalue weighted by molar-refractivity contribution is 0.916. The lowest BCUT2D eigenvalue weighted by Gasteiger charge is -1.96. The van der Waals surface area contributed by atoms with Gasteiger partial charge >= 0.3 is 0 Å². The second-order valence-corrected chi connectivity index (χ2v) is 5.80. The van der Waals surface area contributed by atoms with Crippen LogP contribution in [0.4, 0.5) is 0 Å². The summed E-state index contributed by atoms with van der Waals surface area (Å²) >= 11 is 3.27. The van der Waals surface area contributed by atoms with Gasteiger partial charge in [-0.05, 0) is 13.2 Å². The quantitative estimate of drug-likeness (QED) is 0.661. The van der Waals surface area contributed by atoms with Crippen LogP contribution in [0.15, 0.2) is 34.8 Å². The molecule has 3 aromatic rings. The Morgan fingerprint density at radius 3 is 2.65 bits per heavy atom. The van der Waals surface area contributed by atoms with Crippen molar-refractivity contribution < 1.29 is 0 Å². The zero-order valence-corrected chi connectivity index (χ0v) is 11.2. The molecule has 0 unspecified atom stereocenters. The van der Waals surface area contributed by atoms with Crippen LogP contribution in [0.2, 0.25) is 0 Å². The van der Waals surface area contributed by atoms with E-state index in [9.17, 15) is 0 Å². The van der Waals surface area contributed by atoms with Gasteiger partial charge in [-0.15, -0.1) is 5.10 Å². The van der Waals surface area contributed by atoms with Gasteiger partial charge in [-0.3, -0.25) is 0 Å².